The van der Waals surface area contributed by atoms with Crippen LogP contribution in [0.3, 0.4) is 0 Å². The van der Waals surface area contributed by atoms with Crippen LogP contribution in [0, 0.1) is 0 Å². The van der Waals surface area contributed by atoms with Crippen molar-refractivity contribution in [1.29, 1.82) is 0 Å². The molecule has 1 amide bonds. The second-order valence-electron chi connectivity index (χ2n) is 3.25. The predicted octanol–water partition coefficient (Wildman–Crippen LogP) is 1.50. The van der Waals surface area contributed by atoms with Gasteiger partial charge in [0.2, 0.25) is 5.91 Å². The van der Waals surface area contributed by atoms with E-state index in [1.807, 2.05) is 0 Å². The van der Waals surface area contributed by atoms with Gasteiger partial charge in [0.05, 0.1) is 10.8 Å². The van der Waals surface area contributed by atoms with Crippen LogP contribution in [0.15, 0.2) is 22.7 Å². The average Bonchev–Trinajstić information content (AvgIpc) is 2.08. The van der Waals surface area contributed by atoms with Gasteiger partial charge >= 0.3 is 0 Å². The van der Waals surface area contributed by atoms with E-state index in [2.05, 4.69) is 15.9 Å². The topological polar surface area (TPSA) is 77.2 Å². The molecule has 4 nitrogen and oxygen atoms in total. The third kappa shape index (κ3) is 4.11. The molecule has 0 aliphatic heterocycles. The fraction of sp³-hybridized carbons (Fsp3) is 0.222. The van der Waals surface area contributed by atoms with Gasteiger partial charge in [0, 0.05) is 4.47 Å². The maximum Gasteiger partial charge on any atom is 0.232 e. The summed E-state index contributed by atoms with van der Waals surface area (Å²) in [7, 11) is -3.51. The summed E-state index contributed by atoms with van der Waals surface area (Å²) < 4.78 is 23.6. The van der Waals surface area contributed by atoms with Gasteiger partial charge in [0.25, 0.3) is 0 Å². The lowest BCUT2D eigenvalue weighted by atomic mass is 10.2. The summed E-state index contributed by atoms with van der Waals surface area (Å²) in [6.45, 7) is 0. The van der Waals surface area contributed by atoms with Gasteiger partial charge in [0.1, 0.15) is 5.75 Å². The van der Waals surface area contributed by atoms with E-state index in [0.717, 1.165) is 0 Å². The van der Waals surface area contributed by atoms with E-state index >= 15 is 0 Å². The number of benzene rings is 1. The maximum atomic E-state index is 11.5. The van der Waals surface area contributed by atoms with Gasteiger partial charge in [-0.1, -0.05) is 17.7 Å². The Balaban J connectivity index is 2.88. The lowest BCUT2D eigenvalue weighted by Gasteiger charge is -2.03. The number of primary amides is 1. The number of halogens is 2. The third-order valence-electron chi connectivity index (χ3n) is 1.73. The monoisotopic (exact) mass is 325 g/mol. The van der Waals surface area contributed by atoms with E-state index in [4.69, 9.17) is 17.3 Å². The number of hydrogen-bond donors (Lipinski definition) is 1. The molecule has 1 aromatic carbocycles. The zero-order chi connectivity index (χ0) is 12.3. The maximum absolute atomic E-state index is 11.5. The van der Waals surface area contributed by atoms with Crippen molar-refractivity contribution >= 4 is 43.3 Å². The Morgan fingerprint density at radius 2 is 2.06 bits per heavy atom. The zero-order valence-corrected chi connectivity index (χ0v) is 11.3. The number of rotatable bonds is 4. The first-order chi connectivity index (χ1) is 7.30. The summed E-state index contributed by atoms with van der Waals surface area (Å²) in [5.74, 6) is -1.76. The summed E-state index contributed by atoms with van der Waals surface area (Å²) in [4.78, 5) is 10.5. The number of carbonyl (C=O) groups is 1. The predicted molar refractivity (Wildman–Crippen MR) is 65.8 cm³/mol. The fourth-order valence-corrected chi connectivity index (χ4v) is 2.82. The van der Waals surface area contributed by atoms with Crippen molar-refractivity contribution in [2.75, 3.05) is 5.75 Å². The van der Waals surface area contributed by atoms with Crippen LogP contribution < -0.4 is 5.73 Å². The summed E-state index contributed by atoms with van der Waals surface area (Å²) in [6.07, 6.45) is 0. The first kappa shape index (κ1) is 13.5. The van der Waals surface area contributed by atoms with Crippen molar-refractivity contribution in [2.24, 2.45) is 5.73 Å². The molecule has 0 bridgehead atoms. The number of amides is 1. The minimum absolute atomic E-state index is 0.247. The van der Waals surface area contributed by atoms with Gasteiger partial charge in [-0.25, -0.2) is 8.42 Å². The molecule has 0 spiro atoms. The number of sulfone groups is 1. The molecule has 16 heavy (non-hydrogen) atoms. The highest BCUT2D eigenvalue weighted by atomic mass is 79.9. The molecular weight excluding hydrogens is 318 g/mol. The van der Waals surface area contributed by atoms with Crippen LogP contribution in [0.25, 0.3) is 0 Å². The highest BCUT2D eigenvalue weighted by Gasteiger charge is 2.15. The van der Waals surface area contributed by atoms with E-state index in [9.17, 15) is 13.2 Å². The minimum atomic E-state index is -3.51. The average molecular weight is 327 g/mol. The Morgan fingerprint density at radius 1 is 1.44 bits per heavy atom. The van der Waals surface area contributed by atoms with Crippen LogP contribution in [0.5, 0.6) is 0 Å². The van der Waals surface area contributed by atoms with E-state index in [0.29, 0.717) is 15.1 Å². The first-order valence-electron chi connectivity index (χ1n) is 4.23. The Labute approximate surface area is 107 Å². The van der Waals surface area contributed by atoms with Crippen molar-refractivity contribution < 1.29 is 13.2 Å². The van der Waals surface area contributed by atoms with Gasteiger partial charge in [-0.05, 0) is 33.6 Å². The molecule has 0 aromatic heterocycles. The molecule has 7 heteroatoms. The molecule has 0 unspecified atom stereocenters. The molecule has 88 valence electrons. The molecule has 0 aliphatic carbocycles. The fourth-order valence-electron chi connectivity index (χ4n) is 1.15. The standard InChI is InChI=1S/C9H9BrClNO3S/c10-7-2-1-6(3-8(7)11)4-16(14,15)5-9(12)13/h1-3H,4-5H2,(H2,12,13). The first-order valence-corrected chi connectivity index (χ1v) is 7.22. The van der Waals surface area contributed by atoms with Crippen molar-refractivity contribution in [3.05, 3.63) is 33.3 Å². The molecule has 0 saturated carbocycles. The van der Waals surface area contributed by atoms with E-state index in [1.165, 1.54) is 6.07 Å². The molecule has 1 rings (SSSR count). The lowest BCUT2D eigenvalue weighted by Crippen LogP contribution is -2.24. The SMILES string of the molecule is NC(=O)CS(=O)(=O)Cc1ccc(Br)c(Cl)c1. The van der Waals surface area contributed by atoms with E-state index < -0.39 is 21.5 Å². The second kappa shape index (κ2) is 5.16. The van der Waals surface area contributed by atoms with Gasteiger partial charge in [-0.2, -0.15) is 0 Å². The number of carbonyl (C=O) groups excluding carboxylic acids is 1. The summed E-state index contributed by atoms with van der Waals surface area (Å²) >= 11 is 9.01. The Hall–Kier alpha value is -0.590. The van der Waals surface area contributed by atoms with Crippen molar-refractivity contribution in [2.45, 2.75) is 5.75 Å². The number of hydrogen-bond acceptors (Lipinski definition) is 3. The Bertz CT molecular complexity index is 515. The molecule has 1 aromatic rings. The smallest absolute Gasteiger partial charge is 0.232 e. The Morgan fingerprint density at radius 3 is 2.56 bits per heavy atom. The second-order valence-corrected chi connectivity index (χ2v) is 6.57. The van der Waals surface area contributed by atoms with Gasteiger partial charge < -0.3 is 5.73 Å². The van der Waals surface area contributed by atoms with Crippen molar-refractivity contribution in [3.8, 4) is 0 Å². The quantitative estimate of drug-likeness (QED) is 0.911. The molecule has 0 radical (unpaired) electrons. The summed E-state index contributed by atoms with van der Waals surface area (Å²) in [6, 6.07) is 4.80. The summed E-state index contributed by atoms with van der Waals surface area (Å²) in [5.41, 5.74) is 5.36. The van der Waals surface area contributed by atoms with Crippen LogP contribution in [0.2, 0.25) is 5.02 Å². The van der Waals surface area contributed by atoms with Crippen LogP contribution >= 0.6 is 27.5 Å². The molecule has 0 fully saturated rings. The summed E-state index contributed by atoms with van der Waals surface area (Å²) in [5, 5.41) is 0.423. The molecule has 0 aliphatic rings. The molecule has 0 saturated heterocycles. The Kier molecular flexibility index (Phi) is 4.35. The highest BCUT2D eigenvalue weighted by Crippen LogP contribution is 2.24. The molecule has 2 N–H and O–H groups in total. The zero-order valence-electron chi connectivity index (χ0n) is 8.11. The van der Waals surface area contributed by atoms with Gasteiger partial charge in [-0.3, -0.25) is 4.79 Å². The molecule has 0 atom stereocenters. The van der Waals surface area contributed by atoms with E-state index in [1.54, 1.807) is 12.1 Å². The van der Waals surface area contributed by atoms with Crippen LogP contribution in [-0.4, -0.2) is 20.1 Å². The normalized spacial score (nSPS) is 11.4. The van der Waals surface area contributed by atoms with Gasteiger partial charge in [-0.15, -0.1) is 0 Å². The van der Waals surface area contributed by atoms with E-state index in [-0.39, 0.29) is 5.75 Å². The lowest BCUT2D eigenvalue weighted by molar-refractivity contribution is -0.115. The largest absolute Gasteiger partial charge is 0.369 e. The molecular formula is C9H9BrClNO3S. The highest BCUT2D eigenvalue weighted by molar-refractivity contribution is 9.10. The van der Waals surface area contributed by atoms with Crippen LogP contribution in [0.4, 0.5) is 0 Å². The third-order valence-corrected chi connectivity index (χ3v) is 4.46. The molecule has 0 heterocycles. The van der Waals surface area contributed by atoms with Crippen molar-refractivity contribution in [3.63, 3.8) is 0 Å². The van der Waals surface area contributed by atoms with Crippen LogP contribution in [-0.2, 0) is 20.4 Å². The van der Waals surface area contributed by atoms with Crippen LogP contribution in [0.1, 0.15) is 5.56 Å². The van der Waals surface area contributed by atoms with Crippen molar-refractivity contribution in [1.82, 2.24) is 0 Å². The number of nitrogens with two attached hydrogens (primary N) is 1. The minimum Gasteiger partial charge on any atom is -0.369 e. The van der Waals surface area contributed by atoms with Gasteiger partial charge in [0.15, 0.2) is 9.84 Å².